The highest BCUT2D eigenvalue weighted by atomic mass is 32.1. The van der Waals surface area contributed by atoms with Crippen molar-refractivity contribution in [3.8, 4) is 0 Å². The molecule has 5 nitrogen and oxygen atoms in total. The van der Waals surface area contributed by atoms with E-state index in [9.17, 15) is 9.59 Å². The zero-order valence-corrected chi connectivity index (χ0v) is 10.7. The maximum Gasteiger partial charge on any atom is 0.313 e. The van der Waals surface area contributed by atoms with Crippen molar-refractivity contribution in [2.24, 2.45) is 0 Å². The number of ether oxygens (including phenoxy) is 1. The molecular formula is C12H12N2O3S. The van der Waals surface area contributed by atoms with Gasteiger partial charge in [0, 0.05) is 4.88 Å². The minimum atomic E-state index is -0.239. The van der Waals surface area contributed by atoms with E-state index >= 15 is 0 Å². The first-order valence-corrected chi connectivity index (χ1v) is 6.60. The molecule has 0 aliphatic heterocycles. The summed E-state index contributed by atoms with van der Waals surface area (Å²) < 4.78 is 4.83. The summed E-state index contributed by atoms with van der Waals surface area (Å²) in [6, 6.07) is 0. The molecule has 2 aromatic heterocycles. The second kappa shape index (κ2) is 4.20. The van der Waals surface area contributed by atoms with E-state index in [1.54, 1.807) is 0 Å². The number of aromatic amines is 1. The van der Waals surface area contributed by atoms with E-state index in [1.807, 2.05) is 0 Å². The highest BCUT2D eigenvalue weighted by molar-refractivity contribution is 7.19. The van der Waals surface area contributed by atoms with E-state index in [4.69, 9.17) is 4.74 Å². The first-order valence-electron chi connectivity index (χ1n) is 5.79. The fourth-order valence-electron chi connectivity index (χ4n) is 2.53. The Kier molecular flexibility index (Phi) is 2.66. The van der Waals surface area contributed by atoms with Gasteiger partial charge in [-0.1, -0.05) is 0 Å². The predicted molar refractivity (Wildman–Crippen MR) is 67.9 cm³/mol. The lowest BCUT2D eigenvalue weighted by Crippen LogP contribution is -2.18. The van der Waals surface area contributed by atoms with Gasteiger partial charge in [-0.3, -0.25) is 9.59 Å². The molecule has 0 amide bonds. The lowest BCUT2D eigenvalue weighted by molar-refractivity contribution is -0.142. The van der Waals surface area contributed by atoms with E-state index in [1.165, 1.54) is 24.8 Å². The lowest BCUT2D eigenvalue weighted by atomic mass is 9.88. The summed E-state index contributed by atoms with van der Waals surface area (Å²) in [7, 11) is 1.40. The summed E-state index contributed by atoms with van der Waals surface area (Å²) in [5.74, 6) is -0.462. The van der Waals surface area contributed by atoms with Gasteiger partial charge in [-0.05, 0) is 24.8 Å². The Morgan fingerprint density at radius 2 is 2.44 bits per heavy atom. The minimum Gasteiger partial charge on any atom is -0.469 e. The van der Waals surface area contributed by atoms with Gasteiger partial charge in [0.15, 0.2) is 0 Å². The third kappa shape index (κ3) is 1.56. The van der Waals surface area contributed by atoms with Gasteiger partial charge in [0.05, 0.1) is 24.7 Å². The summed E-state index contributed by atoms with van der Waals surface area (Å²) in [6.07, 6.45) is 3.91. The number of aryl methyl sites for hydroxylation is 1. The van der Waals surface area contributed by atoms with E-state index in [0.29, 0.717) is 10.2 Å². The fourth-order valence-corrected chi connectivity index (χ4v) is 3.84. The van der Waals surface area contributed by atoms with E-state index < -0.39 is 0 Å². The number of esters is 1. The van der Waals surface area contributed by atoms with Gasteiger partial charge >= 0.3 is 5.97 Å². The molecule has 0 aromatic carbocycles. The number of H-pyrrole nitrogens is 1. The number of carbonyl (C=O) groups is 1. The number of nitrogens with zero attached hydrogens (tertiary/aromatic N) is 1. The van der Waals surface area contributed by atoms with Gasteiger partial charge in [0.25, 0.3) is 5.56 Å². The molecule has 0 radical (unpaired) electrons. The van der Waals surface area contributed by atoms with Crippen LogP contribution in [0.25, 0.3) is 10.2 Å². The Labute approximate surface area is 107 Å². The van der Waals surface area contributed by atoms with Crippen molar-refractivity contribution in [3.63, 3.8) is 0 Å². The zero-order valence-electron chi connectivity index (χ0n) is 9.86. The molecule has 0 saturated carbocycles. The molecule has 18 heavy (non-hydrogen) atoms. The molecule has 1 unspecified atom stereocenters. The Bertz CT molecular complexity index is 674. The number of rotatable bonds is 1. The van der Waals surface area contributed by atoms with Crippen molar-refractivity contribution >= 4 is 27.5 Å². The van der Waals surface area contributed by atoms with E-state index in [2.05, 4.69) is 9.97 Å². The minimum absolute atomic E-state index is 0.122. The van der Waals surface area contributed by atoms with E-state index in [0.717, 1.165) is 29.7 Å². The highest BCUT2D eigenvalue weighted by Crippen LogP contribution is 2.40. The molecule has 1 N–H and O–H groups in total. The number of aromatic nitrogens is 2. The molecule has 0 fully saturated rings. The summed E-state index contributed by atoms with van der Waals surface area (Å²) in [5, 5.41) is 0.645. The molecule has 1 aliphatic carbocycles. The first-order chi connectivity index (χ1) is 8.72. The molecular weight excluding hydrogens is 252 g/mol. The topological polar surface area (TPSA) is 72.0 Å². The fraction of sp³-hybridized carbons (Fsp3) is 0.417. The van der Waals surface area contributed by atoms with Crippen LogP contribution in [0.5, 0.6) is 0 Å². The number of thiophene rings is 1. The Morgan fingerprint density at radius 3 is 3.22 bits per heavy atom. The monoisotopic (exact) mass is 264 g/mol. The number of hydrogen-bond donors (Lipinski definition) is 1. The first kappa shape index (κ1) is 11.4. The van der Waals surface area contributed by atoms with Gasteiger partial charge in [-0.2, -0.15) is 0 Å². The third-order valence-electron chi connectivity index (χ3n) is 3.35. The molecule has 94 valence electrons. The van der Waals surface area contributed by atoms with Crippen LogP contribution < -0.4 is 5.56 Å². The van der Waals surface area contributed by atoms with Gasteiger partial charge in [-0.25, -0.2) is 4.98 Å². The molecule has 0 bridgehead atoms. The highest BCUT2D eigenvalue weighted by Gasteiger charge is 2.31. The van der Waals surface area contributed by atoms with Crippen LogP contribution in [-0.2, 0) is 16.0 Å². The van der Waals surface area contributed by atoms with Crippen LogP contribution >= 0.6 is 11.3 Å². The molecule has 1 aliphatic rings. The average molecular weight is 264 g/mol. The Balaban J connectivity index is 2.25. The van der Waals surface area contributed by atoms with Crippen molar-refractivity contribution in [1.82, 2.24) is 9.97 Å². The summed E-state index contributed by atoms with van der Waals surface area (Å²) >= 11 is 1.43. The van der Waals surface area contributed by atoms with Crippen LogP contribution in [0, 0.1) is 0 Å². The van der Waals surface area contributed by atoms with Gasteiger partial charge in [0.1, 0.15) is 4.83 Å². The smallest absolute Gasteiger partial charge is 0.313 e. The maximum atomic E-state index is 11.9. The Morgan fingerprint density at radius 1 is 1.61 bits per heavy atom. The summed E-state index contributed by atoms with van der Waals surface area (Å²) in [4.78, 5) is 32.1. The molecule has 2 aromatic rings. The van der Waals surface area contributed by atoms with Crippen LogP contribution in [0.15, 0.2) is 11.1 Å². The van der Waals surface area contributed by atoms with Gasteiger partial charge < -0.3 is 9.72 Å². The van der Waals surface area contributed by atoms with Gasteiger partial charge in [-0.15, -0.1) is 11.3 Å². The number of hydrogen-bond acceptors (Lipinski definition) is 5. The largest absolute Gasteiger partial charge is 0.469 e. The zero-order chi connectivity index (χ0) is 12.7. The van der Waals surface area contributed by atoms with Crippen molar-refractivity contribution in [1.29, 1.82) is 0 Å². The SMILES string of the molecule is COC(=O)C1CCCc2c1sc1nc[nH]c(=O)c21. The number of carbonyl (C=O) groups excluding carboxylic acids is 1. The molecule has 2 heterocycles. The number of nitrogens with one attached hydrogen (secondary N) is 1. The summed E-state index contributed by atoms with van der Waals surface area (Å²) in [6.45, 7) is 0. The van der Waals surface area contributed by atoms with Gasteiger partial charge in [0.2, 0.25) is 0 Å². The third-order valence-corrected chi connectivity index (χ3v) is 4.60. The van der Waals surface area contributed by atoms with Crippen LogP contribution in [0.1, 0.15) is 29.2 Å². The van der Waals surface area contributed by atoms with Crippen LogP contribution in [0.2, 0.25) is 0 Å². The number of fused-ring (bicyclic) bond motifs is 3. The maximum absolute atomic E-state index is 11.9. The van der Waals surface area contributed by atoms with Crippen LogP contribution in [-0.4, -0.2) is 23.0 Å². The molecule has 0 spiro atoms. The summed E-state index contributed by atoms with van der Waals surface area (Å²) in [5.41, 5.74) is 0.856. The van der Waals surface area contributed by atoms with Crippen molar-refractivity contribution in [2.45, 2.75) is 25.2 Å². The predicted octanol–water partition coefficient (Wildman–Crippen LogP) is 1.58. The quantitative estimate of drug-likeness (QED) is 0.794. The van der Waals surface area contributed by atoms with E-state index in [-0.39, 0.29) is 17.4 Å². The van der Waals surface area contributed by atoms with Crippen molar-refractivity contribution in [3.05, 3.63) is 27.1 Å². The number of methoxy groups -OCH3 is 1. The lowest BCUT2D eigenvalue weighted by Gasteiger charge is -2.19. The molecule has 3 rings (SSSR count). The second-order valence-electron chi connectivity index (χ2n) is 4.32. The Hall–Kier alpha value is -1.69. The van der Waals surface area contributed by atoms with Crippen molar-refractivity contribution in [2.75, 3.05) is 7.11 Å². The second-order valence-corrected chi connectivity index (χ2v) is 5.36. The van der Waals surface area contributed by atoms with Crippen LogP contribution in [0.3, 0.4) is 0 Å². The normalized spacial score (nSPS) is 18.6. The molecule has 1 atom stereocenters. The standard InChI is InChI=1S/C12H12N2O3S/c1-17-12(16)7-4-2-3-6-8-10(15)13-5-14-11(8)18-9(6)7/h5,7H,2-4H2,1H3,(H,13,14,15). The van der Waals surface area contributed by atoms with Crippen LogP contribution in [0.4, 0.5) is 0 Å². The molecule has 0 saturated heterocycles. The molecule has 6 heteroatoms. The van der Waals surface area contributed by atoms with Crippen molar-refractivity contribution < 1.29 is 9.53 Å². The average Bonchev–Trinajstić information content (AvgIpc) is 2.77.